The molecule has 3 heteroatoms. The number of amides is 1. The van der Waals surface area contributed by atoms with Crippen molar-refractivity contribution in [1.29, 1.82) is 0 Å². The Balaban J connectivity index is 1.81. The summed E-state index contributed by atoms with van der Waals surface area (Å²) in [5.41, 5.74) is 1.86. The molecule has 0 spiro atoms. The minimum absolute atomic E-state index is 0.0297. The van der Waals surface area contributed by atoms with Gasteiger partial charge in [0.2, 0.25) is 0 Å². The van der Waals surface area contributed by atoms with Crippen molar-refractivity contribution < 1.29 is 4.79 Å². The van der Waals surface area contributed by atoms with E-state index in [1.54, 1.807) is 11.8 Å². The Morgan fingerprint density at radius 1 is 0.955 bits per heavy atom. The van der Waals surface area contributed by atoms with Crippen LogP contribution in [0.2, 0.25) is 0 Å². The Morgan fingerprint density at radius 2 is 1.68 bits per heavy atom. The number of benzene rings is 3. The second-order valence-corrected chi connectivity index (χ2v) is 5.87. The van der Waals surface area contributed by atoms with Crippen LogP contribution in [0, 0.1) is 0 Å². The molecule has 0 unspecified atom stereocenters. The summed E-state index contributed by atoms with van der Waals surface area (Å²) in [6.45, 7) is 0.531. The van der Waals surface area contributed by atoms with Gasteiger partial charge in [-0.15, -0.1) is 11.8 Å². The molecule has 0 atom stereocenters. The maximum atomic E-state index is 12.4. The van der Waals surface area contributed by atoms with Crippen LogP contribution in [0.15, 0.2) is 71.6 Å². The van der Waals surface area contributed by atoms with Crippen molar-refractivity contribution in [3.63, 3.8) is 0 Å². The molecule has 22 heavy (non-hydrogen) atoms. The van der Waals surface area contributed by atoms with Gasteiger partial charge in [-0.05, 0) is 34.7 Å². The largest absolute Gasteiger partial charge is 0.348 e. The van der Waals surface area contributed by atoms with Gasteiger partial charge in [-0.3, -0.25) is 4.79 Å². The number of thioether (sulfide) groups is 1. The lowest BCUT2D eigenvalue weighted by Gasteiger charge is -2.10. The molecular weight excluding hydrogens is 290 g/mol. The summed E-state index contributed by atoms with van der Waals surface area (Å²) in [5, 5.41) is 5.41. The van der Waals surface area contributed by atoms with Crippen LogP contribution in [0.5, 0.6) is 0 Å². The molecule has 0 aliphatic rings. The van der Waals surface area contributed by atoms with Gasteiger partial charge in [-0.25, -0.2) is 0 Å². The normalized spacial score (nSPS) is 10.6. The number of fused-ring (bicyclic) bond motifs is 1. The highest BCUT2D eigenvalue weighted by Gasteiger charge is 2.10. The Morgan fingerprint density at radius 3 is 2.55 bits per heavy atom. The smallest absolute Gasteiger partial charge is 0.252 e. The van der Waals surface area contributed by atoms with E-state index in [9.17, 15) is 4.79 Å². The van der Waals surface area contributed by atoms with Crippen molar-refractivity contribution in [2.45, 2.75) is 11.4 Å². The first-order chi connectivity index (χ1) is 10.8. The average molecular weight is 307 g/mol. The molecule has 0 aliphatic heterocycles. The Hall–Kier alpha value is -2.26. The molecule has 0 heterocycles. The predicted molar refractivity (Wildman–Crippen MR) is 93.3 cm³/mol. The van der Waals surface area contributed by atoms with Crippen molar-refractivity contribution >= 4 is 28.4 Å². The first-order valence-electron chi connectivity index (χ1n) is 7.17. The van der Waals surface area contributed by atoms with Crippen LogP contribution in [0.4, 0.5) is 0 Å². The summed E-state index contributed by atoms with van der Waals surface area (Å²) in [7, 11) is 0. The summed E-state index contributed by atoms with van der Waals surface area (Å²) in [6, 6.07) is 22.1. The summed E-state index contributed by atoms with van der Waals surface area (Å²) < 4.78 is 0. The SMILES string of the molecule is CSc1ccccc1C(=O)NCc1cccc2ccccc12. The highest BCUT2D eigenvalue weighted by molar-refractivity contribution is 7.98. The molecule has 3 aromatic rings. The number of hydrogen-bond acceptors (Lipinski definition) is 2. The lowest BCUT2D eigenvalue weighted by molar-refractivity contribution is 0.0948. The molecular formula is C19H17NOS. The van der Waals surface area contributed by atoms with Gasteiger partial charge in [0.1, 0.15) is 0 Å². The van der Waals surface area contributed by atoms with Crippen molar-refractivity contribution in [1.82, 2.24) is 5.32 Å². The van der Waals surface area contributed by atoms with Gasteiger partial charge in [-0.2, -0.15) is 0 Å². The minimum Gasteiger partial charge on any atom is -0.348 e. The highest BCUT2D eigenvalue weighted by atomic mass is 32.2. The molecule has 0 aliphatic carbocycles. The van der Waals surface area contributed by atoms with Crippen LogP contribution >= 0.6 is 11.8 Å². The van der Waals surface area contributed by atoms with Crippen LogP contribution in [-0.4, -0.2) is 12.2 Å². The Labute approximate surface area is 134 Å². The maximum Gasteiger partial charge on any atom is 0.252 e. The fraction of sp³-hybridized carbons (Fsp3) is 0.105. The lowest BCUT2D eigenvalue weighted by Crippen LogP contribution is -2.23. The molecule has 0 aromatic heterocycles. The van der Waals surface area contributed by atoms with Crippen molar-refractivity contribution in [3.8, 4) is 0 Å². The van der Waals surface area contributed by atoms with Crippen LogP contribution in [0.3, 0.4) is 0 Å². The first-order valence-corrected chi connectivity index (χ1v) is 8.40. The van der Waals surface area contributed by atoms with E-state index >= 15 is 0 Å². The molecule has 0 radical (unpaired) electrons. The zero-order chi connectivity index (χ0) is 15.4. The summed E-state index contributed by atoms with van der Waals surface area (Å²) in [6.07, 6.45) is 1.98. The molecule has 0 saturated carbocycles. The van der Waals surface area contributed by atoms with E-state index in [-0.39, 0.29) is 5.91 Å². The predicted octanol–water partition coefficient (Wildman–Crippen LogP) is 4.49. The highest BCUT2D eigenvalue weighted by Crippen LogP contribution is 2.21. The van der Waals surface area contributed by atoms with Crippen LogP contribution in [-0.2, 0) is 6.54 Å². The van der Waals surface area contributed by atoms with Gasteiger partial charge >= 0.3 is 0 Å². The first kappa shape index (κ1) is 14.7. The van der Waals surface area contributed by atoms with Gasteiger partial charge in [0.25, 0.3) is 5.91 Å². The molecule has 3 rings (SSSR count). The van der Waals surface area contributed by atoms with E-state index in [0.717, 1.165) is 16.0 Å². The second kappa shape index (κ2) is 6.67. The molecule has 1 amide bonds. The second-order valence-electron chi connectivity index (χ2n) is 5.02. The van der Waals surface area contributed by atoms with Crippen LogP contribution in [0.25, 0.3) is 10.8 Å². The molecule has 110 valence electrons. The maximum absolute atomic E-state index is 12.4. The fourth-order valence-corrected chi connectivity index (χ4v) is 3.14. The number of carbonyl (C=O) groups excluding carboxylic acids is 1. The van der Waals surface area contributed by atoms with Crippen molar-refractivity contribution in [3.05, 3.63) is 77.9 Å². The number of nitrogens with one attached hydrogen (secondary N) is 1. The third-order valence-electron chi connectivity index (χ3n) is 3.67. The molecule has 1 N–H and O–H groups in total. The fourth-order valence-electron chi connectivity index (χ4n) is 2.55. The zero-order valence-corrected chi connectivity index (χ0v) is 13.2. The van der Waals surface area contributed by atoms with Crippen LogP contribution < -0.4 is 5.32 Å². The molecule has 2 nitrogen and oxygen atoms in total. The van der Waals surface area contributed by atoms with Gasteiger partial charge in [-0.1, -0.05) is 54.6 Å². The number of carbonyl (C=O) groups is 1. The van der Waals surface area contributed by atoms with Crippen LogP contribution in [0.1, 0.15) is 15.9 Å². The third-order valence-corrected chi connectivity index (χ3v) is 4.47. The number of rotatable bonds is 4. The Bertz CT molecular complexity index is 808. The average Bonchev–Trinajstić information content (AvgIpc) is 2.59. The van der Waals surface area contributed by atoms with E-state index in [4.69, 9.17) is 0 Å². The number of hydrogen-bond donors (Lipinski definition) is 1. The zero-order valence-electron chi connectivity index (χ0n) is 12.4. The molecule has 3 aromatic carbocycles. The van der Waals surface area contributed by atoms with E-state index in [2.05, 4.69) is 29.6 Å². The molecule has 0 bridgehead atoms. The topological polar surface area (TPSA) is 29.1 Å². The molecule has 0 saturated heterocycles. The van der Waals surface area contributed by atoms with Gasteiger partial charge in [0.15, 0.2) is 0 Å². The molecule has 0 fully saturated rings. The van der Waals surface area contributed by atoms with Crippen molar-refractivity contribution in [2.24, 2.45) is 0 Å². The van der Waals surface area contributed by atoms with Gasteiger partial charge in [0.05, 0.1) is 5.56 Å². The van der Waals surface area contributed by atoms with E-state index < -0.39 is 0 Å². The monoisotopic (exact) mass is 307 g/mol. The lowest BCUT2D eigenvalue weighted by atomic mass is 10.0. The summed E-state index contributed by atoms with van der Waals surface area (Å²) in [5.74, 6) is -0.0297. The van der Waals surface area contributed by atoms with Gasteiger partial charge in [0, 0.05) is 11.4 Å². The summed E-state index contributed by atoms with van der Waals surface area (Å²) >= 11 is 1.59. The van der Waals surface area contributed by atoms with Gasteiger partial charge < -0.3 is 5.32 Å². The Kier molecular flexibility index (Phi) is 4.45. The van der Waals surface area contributed by atoms with E-state index in [1.807, 2.05) is 48.7 Å². The minimum atomic E-state index is -0.0297. The third kappa shape index (κ3) is 3.00. The van der Waals surface area contributed by atoms with Crippen molar-refractivity contribution in [2.75, 3.05) is 6.26 Å². The van der Waals surface area contributed by atoms with E-state index in [0.29, 0.717) is 6.54 Å². The summed E-state index contributed by atoms with van der Waals surface area (Å²) in [4.78, 5) is 13.4. The standard InChI is InChI=1S/C19H17NOS/c1-22-18-12-5-4-11-17(18)19(21)20-13-15-9-6-8-14-7-2-3-10-16(14)15/h2-12H,13H2,1H3,(H,20,21). The van der Waals surface area contributed by atoms with E-state index in [1.165, 1.54) is 10.8 Å². The quantitative estimate of drug-likeness (QED) is 0.719.